The van der Waals surface area contributed by atoms with E-state index in [1.165, 1.54) is 95.9 Å². The molecule has 0 unspecified atom stereocenters. The van der Waals surface area contributed by atoms with Crippen molar-refractivity contribution in [3.05, 3.63) is 88.7 Å². The third-order valence-corrected chi connectivity index (χ3v) is 13.1. The summed E-state index contributed by atoms with van der Waals surface area (Å²) in [5, 5.41) is 14.2. The molecule has 2 saturated carbocycles. The van der Waals surface area contributed by atoms with Crippen LogP contribution >= 0.6 is 0 Å². The summed E-state index contributed by atoms with van der Waals surface area (Å²) in [5.41, 5.74) is 9.64. The fourth-order valence-corrected chi connectivity index (χ4v) is 10.6. The third-order valence-electron chi connectivity index (χ3n) is 13.1. The Kier molecular flexibility index (Phi) is 15.4. The maximum Gasteiger partial charge on any atom is 0.162 e. The van der Waals surface area contributed by atoms with Gasteiger partial charge in [-0.15, -0.1) is 29.1 Å². The molecule has 0 aliphatic heterocycles. The molecule has 1 N–H and O–H groups in total. The molecule has 307 valence electrons. The second-order valence-electron chi connectivity index (χ2n) is 19.9. The Morgan fingerprint density at radius 3 is 1.95 bits per heavy atom. The minimum Gasteiger partial charge on any atom is -0.512 e. The van der Waals surface area contributed by atoms with Gasteiger partial charge in [0.25, 0.3) is 0 Å². The van der Waals surface area contributed by atoms with Gasteiger partial charge in [-0.1, -0.05) is 130 Å². The molecule has 0 amide bonds. The van der Waals surface area contributed by atoms with Crippen LogP contribution in [-0.4, -0.2) is 15.9 Å². The van der Waals surface area contributed by atoms with Crippen molar-refractivity contribution in [2.45, 2.75) is 153 Å². The molecule has 4 aromatic rings. The number of benzene rings is 3. The van der Waals surface area contributed by atoms with Gasteiger partial charge in [-0.25, -0.2) is 0 Å². The zero-order valence-corrected chi connectivity index (χ0v) is 39.4. The summed E-state index contributed by atoms with van der Waals surface area (Å²) in [4.78, 5) is 17.6. The van der Waals surface area contributed by atoms with Crippen LogP contribution in [0.25, 0.3) is 32.9 Å². The Morgan fingerprint density at radius 2 is 1.39 bits per heavy atom. The van der Waals surface area contributed by atoms with E-state index in [0.717, 1.165) is 16.8 Å². The summed E-state index contributed by atoms with van der Waals surface area (Å²) < 4.78 is 0. The number of carbonyl (C=O) groups is 1. The molecule has 3 nitrogen and oxygen atoms in total. The fraction of sp³-hybridized carbons (Fsp3) is 0.577. The summed E-state index contributed by atoms with van der Waals surface area (Å²) >= 11 is 0. The van der Waals surface area contributed by atoms with E-state index in [1.54, 1.807) is 0 Å². The minimum atomic E-state index is -0.0119. The largest absolute Gasteiger partial charge is 0.512 e. The van der Waals surface area contributed by atoms with E-state index in [4.69, 9.17) is 4.98 Å². The molecule has 4 heteroatoms. The third kappa shape index (κ3) is 10.4. The number of aliphatic hydroxyl groups excluding tert-OH is 1. The van der Waals surface area contributed by atoms with Crippen LogP contribution in [0.2, 0.25) is 0 Å². The molecule has 2 aliphatic rings. The van der Waals surface area contributed by atoms with E-state index in [1.807, 2.05) is 0 Å². The number of aliphatic hydroxyl groups is 1. The van der Waals surface area contributed by atoms with E-state index >= 15 is 0 Å². The van der Waals surface area contributed by atoms with E-state index in [2.05, 4.69) is 145 Å². The summed E-state index contributed by atoms with van der Waals surface area (Å²) in [6.07, 6.45) is 12.7. The zero-order chi connectivity index (χ0) is 40.4. The van der Waals surface area contributed by atoms with Crippen molar-refractivity contribution >= 4 is 27.5 Å². The van der Waals surface area contributed by atoms with Gasteiger partial charge in [0.15, 0.2) is 5.78 Å². The standard InChI is InChI=1S/C35H40N.C17H32O2.Ir/c1-23-18-24(2)33-29(25-12-16-35(17-13-25)14-8-9-15-35)22-31(36-32(33)19-23)27-20-26-10-6-7-11-28(26)30(21-27)34(3,4)5;1-10(2)16(11(3)4)14(18)9-15(19)17(12(5)6)13(7)8;/h6-7,10-11,18-19,21-22,25H,8-9,12-17H2,1-5H3;9-13,16-18H,1-8H3;/q-1;;/b;14-9-;. The molecule has 1 radical (unpaired) electrons. The first-order valence-electron chi connectivity index (χ1n) is 21.6. The maximum absolute atomic E-state index is 12.3. The van der Waals surface area contributed by atoms with Gasteiger partial charge < -0.3 is 5.11 Å². The van der Waals surface area contributed by atoms with Crippen LogP contribution in [0.5, 0.6) is 0 Å². The Balaban J connectivity index is 0.000000299. The number of aryl methyl sites for hydroxylation is 2. The SMILES string of the molecule is CC(C)C(C(=O)/C=C(\O)C(C(C)C)C(C)C)C(C)C.Cc1cc(C)c2c(C3CCC4(CCCC4)CC3)cc(-c3[c-]c4ccccc4c(C(C)(C)C)c3)nc2c1.[Ir]. The number of allylic oxidation sites excluding steroid dienone is 2. The van der Waals surface area contributed by atoms with Gasteiger partial charge in [0.2, 0.25) is 0 Å². The van der Waals surface area contributed by atoms with Gasteiger partial charge in [-0.05, 0) is 116 Å². The molecule has 2 fully saturated rings. The number of ketones is 1. The number of pyridine rings is 1. The first-order chi connectivity index (χ1) is 25.8. The van der Waals surface area contributed by atoms with Crippen molar-refractivity contribution in [2.24, 2.45) is 40.9 Å². The summed E-state index contributed by atoms with van der Waals surface area (Å²) in [7, 11) is 0. The van der Waals surface area contributed by atoms with Crippen LogP contribution in [-0.2, 0) is 30.3 Å². The van der Waals surface area contributed by atoms with Gasteiger partial charge in [-0.2, -0.15) is 0 Å². The van der Waals surface area contributed by atoms with E-state index in [-0.39, 0.29) is 48.9 Å². The Hall–Kier alpha value is -2.81. The van der Waals surface area contributed by atoms with E-state index < -0.39 is 0 Å². The van der Waals surface area contributed by atoms with Crippen LogP contribution in [0.1, 0.15) is 156 Å². The second-order valence-corrected chi connectivity index (χ2v) is 19.9. The quantitative estimate of drug-likeness (QED) is 0.103. The second kappa shape index (κ2) is 18.8. The zero-order valence-electron chi connectivity index (χ0n) is 37.0. The van der Waals surface area contributed by atoms with Crippen molar-refractivity contribution in [3.8, 4) is 11.3 Å². The minimum absolute atomic E-state index is 0. The van der Waals surface area contributed by atoms with E-state index in [0.29, 0.717) is 35.0 Å². The molecule has 2 aliphatic carbocycles. The first kappa shape index (κ1) is 45.9. The monoisotopic (exact) mass is 936 g/mol. The number of nitrogens with zero attached hydrogens (tertiary/aromatic N) is 1. The van der Waals surface area contributed by atoms with Gasteiger partial charge in [-0.3, -0.25) is 9.78 Å². The van der Waals surface area contributed by atoms with E-state index in [9.17, 15) is 9.90 Å². The number of fused-ring (bicyclic) bond motifs is 2. The number of aromatic nitrogens is 1. The summed E-state index contributed by atoms with van der Waals surface area (Å²) in [6, 6.07) is 21.9. The van der Waals surface area contributed by atoms with Crippen molar-refractivity contribution in [1.82, 2.24) is 4.98 Å². The smallest absolute Gasteiger partial charge is 0.162 e. The molecule has 3 aromatic carbocycles. The Labute approximate surface area is 354 Å². The van der Waals surface area contributed by atoms with Gasteiger partial charge in [0.05, 0.1) is 11.3 Å². The summed E-state index contributed by atoms with van der Waals surface area (Å²) in [6.45, 7) is 28.0. The number of hydrogen-bond acceptors (Lipinski definition) is 3. The van der Waals surface area contributed by atoms with Gasteiger partial charge in [0.1, 0.15) is 0 Å². The topological polar surface area (TPSA) is 50.2 Å². The molecule has 1 heterocycles. The van der Waals surface area contributed by atoms with Crippen molar-refractivity contribution < 1.29 is 30.0 Å². The molecule has 6 rings (SSSR count). The van der Waals surface area contributed by atoms with Crippen LogP contribution in [0, 0.1) is 60.8 Å². The molecule has 0 saturated heterocycles. The van der Waals surface area contributed by atoms with Crippen LogP contribution < -0.4 is 0 Å². The van der Waals surface area contributed by atoms with Crippen molar-refractivity contribution in [1.29, 1.82) is 0 Å². The maximum atomic E-state index is 12.3. The normalized spacial score (nSPS) is 16.5. The van der Waals surface area contributed by atoms with Crippen molar-refractivity contribution in [2.75, 3.05) is 0 Å². The average Bonchev–Trinajstić information content (AvgIpc) is 3.54. The molecule has 1 spiro atoms. The predicted octanol–water partition coefficient (Wildman–Crippen LogP) is 14.8. The van der Waals surface area contributed by atoms with Crippen LogP contribution in [0.4, 0.5) is 0 Å². The number of hydrogen-bond donors (Lipinski definition) is 1. The molecular weight excluding hydrogens is 863 g/mol. The Morgan fingerprint density at radius 1 is 0.821 bits per heavy atom. The molecule has 1 aromatic heterocycles. The number of rotatable bonds is 9. The van der Waals surface area contributed by atoms with Gasteiger partial charge in [0, 0.05) is 49.1 Å². The predicted molar refractivity (Wildman–Crippen MR) is 236 cm³/mol. The number of carbonyl (C=O) groups excluding carboxylic acids is 1. The average molecular weight is 935 g/mol. The van der Waals surface area contributed by atoms with Gasteiger partial charge >= 0.3 is 0 Å². The van der Waals surface area contributed by atoms with Crippen molar-refractivity contribution in [3.63, 3.8) is 0 Å². The van der Waals surface area contributed by atoms with Crippen LogP contribution in [0.3, 0.4) is 0 Å². The Bertz CT molecular complexity index is 1960. The summed E-state index contributed by atoms with van der Waals surface area (Å²) in [5.74, 6) is 2.26. The molecule has 0 atom stereocenters. The molecule has 0 bridgehead atoms. The fourth-order valence-electron chi connectivity index (χ4n) is 10.6. The molecule has 56 heavy (non-hydrogen) atoms. The molecular formula is C52H72IrNO2-. The first-order valence-corrected chi connectivity index (χ1v) is 21.6. The van der Waals surface area contributed by atoms with Crippen LogP contribution in [0.15, 0.2) is 60.4 Å².